The first kappa shape index (κ1) is 19.8. The molecule has 30 heavy (non-hydrogen) atoms. The predicted octanol–water partition coefficient (Wildman–Crippen LogP) is 5.88. The molecule has 0 spiro atoms. The maximum atomic E-state index is 12.9. The van der Waals surface area contributed by atoms with Gasteiger partial charge in [0.2, 0.25) is 5.91 Å². The summed E-state index contributed by atoms with van der Waals surface area (Å²) in [6.45, 7) is 2.94. The summed E-state index contributed by atoms with van der Waals surface area (Å²) in [5.74, 6) is 1.17. The lowest BCUT2D eigenvalue weighted by Gasteiger charge is -2.23. The number of hydrogen-bond acceptors (Lipinski definition) is 3. The van der Waals surface area contributed by atoms with Crippen LogP contribution in [0, 0.1) is 12.8 Å². The maximum Gasteiger partial charge on any atom is 0.222 e. The second-order valence-electron chi connectivity index (χ2n) is 9.13. The second kappa shape index (κ2) is 8.54. The highest BCUT2D eigenvalue weighted by atomic mass is 32.1. The largest absolute Gasteiger partial charge is 0.339 e. The van der Waals surface area contributed by atoms with Crippen molar-refractivity contribution < 1.29 is 4.79 Å². The highest BCUT2D eigenvalue weighted by molar-refractivity contribution is 7.15. The Hall–Kier alpha value is -2.14. The number of imidazole rings is 1. The van der Waals surface area contributed by atoms with Gasteiger partial charge in [-0.05, 0) is 32.1 Å². The van der Waals surface area contributed by atoms with Crippen LogP contribution in [-0.2, 0) is 11.2 Å². The van der Waals surface area contributed by atoms with Crippen LogP contribution in [0.15, 0.2) is 35.8 Å². The van der Waals surface area contributed by atoms with Crippen LogP contribution < -0.4 is 0 Å². The first-order valence-electron chi connectivity index (χ1n) is 11.5. The fourth-order valence-corrected chi connectivity index (χ4v) is 5.68. The van der Waals surface area contributed by atoms with Gasteiger partial charge in [0.15, 0.2) is 4.96 Å². The summed E-state index contributed by atoms with van der Waals surface area (Å²) in [7, 11) is 0. The predicted molar refractivity (Wildman–Crippen MR) is 123 cm³/mol. The van der Waals surface area contributed by atoms with Crippen molar-refractivity contribution in [1.29, 1.82) is 0 Å². The van der Waals surface area contributed by atoms with E-state index in [1.165, 1.54) is 49.8 Å². The molecule has 2 aromatic heterocycles. The van der Waals surface area contributed by atoms with Crippen molar-refractivity contribution in [2.45, 2.75) is 70.8 Å². The lowest BCUT2D eigenvalue weighted by atomic mass is 10.0. The molecule has 3 aromatic rings. The average molecular weight is 422 g/mol. The van der Waals surface area contributed by atoms with Crippen LogP contribution >= 0.6 is 11.3 Å². The van der Waals surface area contributed by atoms with Crippen LogP contribution in [0.1, 0.15) is 62.6 Å². The Morgan fingerprint density at radius 3 is 2.67 bits per heavy atom. The fourth-order valence-electron chi connectivity index (χ4n) is 4.77. The van der Waals surface area contributed by atoms with Crippen molar-refractivity contribution in [2.24, 2.45) is 5.92 Å². The highest BCUT2D eigenvalue weighted by Crippen LogP contribution is 2.32. The van der Waals surface area contributed by atoms with Crippen molar-refractivity contribution >= 4 is 22.2 Å². The topological polar surface area (TPSA) is 37.6 Å². The third kappa shape index (κ3) is 4.31. The standard InChI is InChI=1S/C25H31N3OS/c1-18-6-9-20(10-7-18)23-16-28-22(17-30-25(28)26-23)14-15-27(21-11-12-21)24(29)13-8-19-4-2-3-5-19/h6-7,9-10,16-17,19,21H,2-5,8,11-15H2,1H3. The van der Waals surface area contributed by atoms with Gasteiger partial charge < -0.3 is 4.90 Å². The molecule has 0 saturated heterocycles. The fraction of sp³-hybridized carbons (Fsp3) is 0.520. The lowest BCUT2D eigenvalue weighted by Crippen LogP contribution is -2.35. The number of carbonyl (C=O) groups is 1. The van der Waals surface area contributed by atoms with Gasteiger partial charge in [-0.1, -0.05) is 55.5 Å². The molecular weight excluding hydrogens is 390 g/mol. The third-order valence-corrected chi connectivity index (χ3v) is 7.68. The van der Waals surface area contributed by atoms with Gasteiger partial charge in [-0.2, -0.15) is 0 Å². The molecule has 2 heterocycles. The molecule has 5 heteroatoms. The number of amides is 1. The molecule has 1 aromatic carbocycles. The van der Waals surface area contributed by atoms with E-state index in [-0.39, 0.29) is 0 Å². The van der Waals surface area contributed by atoms with E-state index in [9.17, 15) is 4.79 Å². The molecule has 4 nitrogen and oxygen atoms in total. The number of nitrogens with zero attached hydrogens (tertiary/aromatic N) is 3. The summed E-state index contributed by atoms with van der Waals surface area (Å²) < 4.78 is 2.22. The average Bonchev–Trinajstić information content (AvgIpc) is 3.14. The van der Waals surface area contributed by atoms with Gasteiger partial charge in [-0.25, -0.2) is 4.98 Å². The van der Waals surface area contributed by atoms with E-state index in [1.54, 1.807) is 11.3 Å². The van der Waals surface area contributed by atoms with Gasteiger partial charge in [0.05, 0.1) is 5.69 Å². The van der Waals surface area contributed by atoms with Gasteiger partial charge in [0.25, 0.3) is 0 Å². The Labute approximate surface area is 182 Å². The van der Waals surface area contributed by atoms with Gasteiger partial charge >= 0.3 is 0 Å². The summed E-state index contributed by atoms with van der Waals surface area (Å²) in [5, 5.41) is 2.20. The molecule has 0 radical (unpaired) electrons. The quantitative estimate of drug-likeness (QED) is 0.456. The smallest absolute Gasteiger partial charge is 0.222 e. The summed E-state index contributed by atoms with van der Waals surface area (Å²) in [6.07, 6.45) is 12.6. The van der Waals surface area contributed by atoms with Gasteiger partial charge in [0.1, 0.15) is 0 Å². The van der Waals surface area contributed by atoms with Gasteiger partial charge in [-0.15, -0.1) is 11.3 Å². The Bertz CT molecular complexity index is 1010. The summed E-state index contributed by atoms with van der Waals surface area (Å²) in [5.41, 5.74) is 4.70. The Kier molecular flexibility index (Phi) is 5.64. The summed E-state index contributed by atoms with van der Waals surface area (Å²) in [4.78, 5) is 21.0. The van der Waals surface area contributed by atoms with Gasteiger partial charge in [-0.3, -0.25) is 9.20 Å². The number of aryl methyl sites for hydroxylation is 1. The zero-order valence-corrected chi connectivity index (χ0v) is 18.7. The lowest BCUT2D eigenvalue weighted by molar-refractivity contribution is -0.132. The van der Waals surface area contributed by atoms with E-state index in [0.717, 1.165) is 47.9 Å². The minimum atomic E-state index is 0.377. The van der Waals surface area contributed by atoms with Crippen molar-refractivity contribution in [3.05, 3.63) is 47.1 Å². The molecule has 0 unspecified atom stereocenters. The zero-order valence-electron chi connectivity index (χ0n) is 17.8. The highest BCUT2D eigenvalue weighted by Gasteiger charge is 2.32. The number of rotatable bonds is 8. The molecule has 5 rings (SSSR count). The van der Waals surface area contributed by atoms with Crippen molar-refractivity contribution in [3.63, 3.8) is 0 Å². The van der Waals surface area contributed by atoms with Crippen LogP contribution in [0.25, 0.3) is 16.2 Å². The SMILES string of the molecule is Cc1ccc(-c2cn3c(CCN(C(=O)CCC4CCCC4)C4CC4)csc3n2)cc1. The van der Waals surface area contributed by atoms with E-state index in [4.69, 9.17) is 4.98 Å². The molecule has 158 valence electrons. The number of benzene rings is 1. The number of fused-ring (bicyclic) bond motifs is 1. The Balaban J connectivity index is 1.25. The zero-order chi connectivity index (χ0) is 20.5. The molecule has 0 N–H and O–H groups in total. The number of thiazole rings is 1. The van der Waals surface area contributed by atoms with Crippen molar-refractivity contribution in [1.82, 2.24) is 14.3 Å². The van der Waals surface area contributed by atoms with Crippen molar-refractivity contribution in [3.8, 4) is 11.3 Å². The molecule has 2 fully saturated rings. The van der Waals surface area contributed by atoms with Crippen LogP contribution in [0.5, 0.6) is 0 Å². The number of carbonyl (C=O) groups excluding carboxylic acids is 1. The Morgan fingerprint density at radius 2 is 1.93 bits per heavy atom. The first-order chi connectivity index (χ1) is 14.7. The monoisotopic (exact) mass is 421 g/mol. The van der Waals surface area contributed by atoms with Crippen LogP contribution in [-0.4, -0.2) is 32.8 Å². The van der Waals surface area contributed by atoms with E-state index in [2.05, 4.69) is 52.1 Å². The number of hydrogen-bond donors (Lipinski definition) is 0. The summed E-state index contributed by atoms with van der Waals surface area (Å²) in [6, 6.07) is 9.03. The molecule has 0 aliphatic heterocycles. The second-order valence-corrected chi connectivity index (χ2v) is 9.97. The molecule has 0 bridgehead atoms. The van der Waals surface area contributed by atoms with Crippen LogP contribution in [0.2, 0.25) is 0 Å². The van der Waals surface area contributed by atoms with E-state index in [0.29, 0.717) is 11.9 Å². The minimum Gasteiger partial charge on any atom is -0.339 e. The molecule has 2 aliphatic carbocycles. The number of aromatic nitrogens is 2. The maximum absolute atomic E-state index is 12.9. The molecule has 2 aliphatic rings. The van der Waals surface area contributed by atoms with Crippen LogP contribution in [0.4, 0.5) is 0 Å². The molecule has 0 atom stereocenters. The normalized spacial score (nSPS) is 17.1. The minimum absolute atomic E-state index is 0.377. The van der Waals surface area contributed by atoms with E-state index >= 15 is 0 Å². The summed E-state index contributed by atoms with van der Waals surface area (Å²) >= 11 is 1.69. The van der Waals surface area contributed by atoms with Gasteiger partial charge in [0, 0.05) is 48.3 Å². The van der Waals surface area contributed by atoms with Crippen molar-refractivity contribution in [2.75, 3.05) is 6.54 Å². The van der Waals surface area contributed by atoms with E-state index < -0.39 is 0 Å². The third-order valence-electron chi connectivity index (χ3n) is 6.79. The molecule has 1 amide bonds. The molecular formula is C25H31N3OS. The molecule has 2 saturated carbocycles. The Morgan fingerprint density at radius 1 is 1.17 bits per heavy atom. The first-order valence-corrected chi connectivity index (χ1v) is 12.4. The van der Waals surface area contributed by atoms with E-state index in [1.807, 2.05) is 0 Å². The van der Waals surface area contributed by atoms with Crippen LogP contribution in [0.3, 0.4) is 0 Å².